The molecule has 2 saturated heterocycles. The Morgan fingerprint density at radius 3 is 2.25 bits per heavy atom. The molecule has 6 aromatic carbocycles. The van der Waals surface area contributed by atoms with Crippen LogP contribution in [0, 0.1) is 17.8 Å². The average molecular weight is 974 g/mol. The number of para-hydroxylation sites is 1. The van der Waals surface area contributed by atoms with Gasteiger partial charge in [-0.05, 0) is 108 Å². The lowest BCUT2D eigenvalue weighted by Crippen LogP contribution is -2.55. The van der Waals surface area contributed by atoms with Crippen LogP contribution in [0.3, 0.4) is 0 Å². The third-order valence-corrected chi connectivity index (χ3v) is 15.3. The maximum atomic E-state index is 16.8. The highest BCUT2D eigenvalue weighted by Gasteiger charge is 2.75. The molecule has 2 fully saturated rings. The van der Waals surface area contributed by atoms with Gasteiger partial charge in [0.1, 0.15) is 29.9 Å². The normalized spacial score (nSPS) is 22.8. The summed E-state index contributed by atoms with van der Waals surface area (Å²) in [7, 11) is 0. The van der Waals surface area contributed by atoms with Gasteiger partial charge in [0.05, 0.1) is 46.6 Å². The van der Waals surface area contributed by atoms with E-state index in [-0.39, 0.29) is 24.0 Å². The molecule has 11 rings (SSSR count). The summed E-state index contributed by atoms with van der Waals surface area (Å²) in [6.07, 6.45) is 5.18. The number of esters is 1. The number of morpholine rings is 1. The molecule has 72 heavy (non-hydrogen) atoms. The number of urea groups is 1. The number of anilines is 2. The number of hydrogen-bond acceptors (Lipinski definition) is 10. The Hall–Kier alpha value is -7.89. The lowest BCUT2D eigenvalue weighted by Gasteiger charge is -2.46. The summed E-state index contributed by atoms with van der Waals surface area (Å²) in [6.45, 7) is 1.69. The van der Waals surface area contributed by atoms with Gasteiger partial charge in [0.25, 0.3) is 0 Å². The fraction of sp³-hybridized carbons (Fsp3) is 0.237. The molecular weight excluding hydrogens is 923 g/mol. The highest BCUT2D eigenvalue weighted by Crippen LogP contribution is 2.66. The first-order chi connectivity index (χ1) is 35.2. The molecule has 1 spiro atoms. The Balaban J connectivity index is 1.19. The van der Waals surface area contributed by atoms with E-state index in [1.54, 1.807) is 24.3 Å². The molecule has 0 bridgehead atoms. The summed E-state index contributed by atoms with van der Waals surface area (Å²) in [4.78, 5) is 71.6. The van der Waals surface area contributed by atoms with Crippen molar-refractivity contribution in [2.75, 3.05) is 23.4 Å². The van der Waals surface area contributed by atoms with E-state index in [1.165, 1.54) is 11.3 Å². The van der Waals surface area contributed by atoms with Gasteiger partial charge in [-0.15, -0.1) is 0 Å². The molecule has 1 aliphatic carbocycles. The van der Waals surface area contributed by atoms with Crippen molar-refractivity contribution >= 4 is 56.2 Å². The molecule has 360 valence electrons. The average Bonchev–Trinajstić information content (AvgIpc) is 4.06. The van der Waals surface area contributed by atoms with Crippen molar-refractivity contribution in [1.82, 2.24) is 15.2 Å². The van der Waals surface area contributed by atoms with Crippen LogP contribution in [0.5, 0.6) is 5.75 Å². The Kier molecular flexibility index (Phi) is 12.7. The molecule has 0 radical (unpaired) electrons. The number of hydrogen-bond donors (Lipinski definition) is 3. The van der Waals surface area contributed by atoms with Gasteiger partial charge < -0.3 is 25.2 Å². The lowest BCUT2D eigenvalue weighted by molar-refractivity contribution is -0.177. The minimum Gasteiger partial charge on any atom is -0.491 e. The topological polar surface area (TPSA) is 150 Å². The van der Waals surface area contributed by atoms with E-state index in [1.807, 2.05) is 145 Å². The van der Waals surface area contributed by atoms with Gasteiger partial charge in [0.15, 0.2) is 5.13 Å². The summed E-state index contributed by atoms with van der Waals surface area (Å²) in [6, 6.07) is 44.1. The van der Waals surface area contributed by atoms with Crippen LogP contribution < -0.4 is 20.3 Å². The van der Waals surface area contributed by atoms with Crippen molar-refractivity contribution in [2.45, 2.75) is 68.3 Å². The fourth-order valence-electron chi connectivity index (χ4n) is 11.2. The predicted octanol–water partition coefficient (Wildman–Crippen LogP) is 10.3. The van der Waals surface area contributed by atoms with E-state index >= 15 is 19.2 Å². The van der Waals surface area contributed by atoms with Crippen LogP contribution in [0.25, 0.3) is 10.2 Å². The minimum absolute atomic E-state index is 0.0493. The van der Waals surface area contributed by atoms with E-state index in [4.69, 9.17) is 14.5 Å². The zero-order chi connectivity index (χ0) is 49.3. The molecule has 7 aromatic rings. The summed E-state index contributed by atoms with van der Waals surface area (Å²) in [5, 5.41) is 16.1. The van der Waals surface area contributed by atoms with E-state index in [0.717, 1.165) is 52.0 Å². The molecule has 4 amide bonds. The molecule has 4 aliphatic rings. The van der Waals surface area contributed by atoms with E-state index in [0.29, 0.717) is 33.5 Å². The second-order valence-electron chi connectivity index (χ2n) is 18.6. The van der Waals surface area contributed by atoms with Crippen LogP contribution in [0.1, 0.15) is 90.2 Å². The summed E-state index contributed by atoms with van der Waals surface area (Å²) in [5.74, 6) is 3.63. The number of fused-ring (bicyclic) bond motifs is 4. The largest absolute Gasteiger partial charge is 0.491 e. The van der Waals surface area contributed by atoms with Crippen LogP contribution in [0.4, 0.5) is 15.6 Å². The number of nitrogens with one attached hydrogen (secondary N) is 2. The Morgan fingerprint density at radius 2 is 1.54 bits per heavy atom. The zero-order valence-electron chi connectivity index (χ0n) is 39.4. The number of benzene rings is 6. The summed E-state index contributed by atoms with van der Waals surface area (Å²) in [5.41, 5.74) is 3.74. The maximum absolute atomic E-state index is 16.8. The second-order valence-corrected chi connectivity index (χ2v) is 19.6. The van der Waals surface area contributed by atoms with Crippen molar-refractivity contribution in [3.05, 3.63) is 203 Å². The predicted molar refractivity (Wildman–Crippen MR) is 276 cm³/mol. The number of ether oxygens (including phenoxy) is 2. The van der Waals surface area contributed by atoms with Crippen LogP contribution >= 0.6 is 11.3 Å². The molecule has 7 atom stereocenters. The van der Waals surface area contributed by atoms with Gasteiger partial charge in [0.2, 0.25) is 11.8 Å². The van der Waals surface area contributed by atoms with Crippen LogP contribution in [-0.4, -0.2) is 58.1 Å². The van der Waals surface area contributed by atoms with Gasteiger partial charge in [0, 0.05) is 5.56 Å². The first kappa shape index (κ1) is 46.5. The van der Waals surface area contributed by atoms with Crippen molar-refractivity contribution in [3.63, 3.8) is 0 Å². The first-order valence-electron chi connectivity index (χ1n) is 24.4. The Bertz CT molecular complexity index is 3250. The van der Waals surface area contributed by atoms with Crippen molar-refractivity contribution in [3.8, 4) is 17.6 Å². The fourth-order valence-corrected chi connectivity index (χ4v) is 12.1. The van der Waals surface area contributed by atoms with Crippen molar-refractivity contribution < 1.29 is 33.8 Å². The number of imide groups is 1. The molecule has 0 saturated carbocycles. The SMILES string of the molecule is C[C@@H](NC(=O)N1C(=O)[C@@]2(c3cc(C#CC4=CCCCC4)ccc31)[C@H](C(=O)Nc1nc3ccccc3s1)[C@H]1C(=O)O[C@H](c3ccccc3)[C@H](c3ccccc3)N1[C@@H]2c1ccc(OCCO)cc1)c1ccccc1. The standard InChI is InChI=1S/C59H51N5O7S/c1-37(40-18-8-3-9-19-40)60-58(69)63-47-33-28-39(27-26-38-16-6-2-7-17-38)36-45(47)59(56(63)68)49(54(66)62-57-61-46-24-14-15-25-48(46)72-57)51-55(67)71-52(42-22-12-5-13-23-42)50(41-20-10-4-11-21-41)64(51)53(59)43-29-31-44(32-30-43)70-35-34-65/h3-5,8-16,18-25,28-33,36-37,49-53,65H,2,6-7,17,34-35H2,1H3,(H,60,69)(H,61,62,66)/t37-,49+,50+,51+,52-,53-,59+/m1/s1. The highest BCUT2D eigenvalue weighted by atomic mass is 32.1. The highest BCUT2D eigenvalue weighted by molar-refractivity contribution is 7.22. The minimum atomic E-state index is -2.01. The third kappa shape index (κ3) is 8.31. The van der Waals surface area contributed by atoms with Gasteiger partial charge >= 0.3 is 12.0 Å². The summed E-state index contributed by atoms with van der Waals surface area (Å²) < 4.78 is 13.4. The van der Waals surface area contributed by atoms with E-state index in [2.05, 4.69) is 28.6 Å². The second kappa shape index (κ2) is 19.7. The zero-order valence-corrected chi connectivity index (χ0v) is 40.3. The van der Waals surface area contributed by atoms with E-state index in [9.17, 15) is 5.11 Å². The molecule has 13 heteroatoms. The number of carbonyl (C=O) groups is 4. The quantitative estimate of drug-likeness (QED) is 0.0899. The lowest BCUT2D eigenvalue weighted by atomic mass is 9.65. The molecule has 3 N–H and O–H groups in total. The number of amides is 4. The first-order valence-corrected chi connectivity index (χ1v) is 25.2. The Labute approximate surface area is 421 Å². The van der Waals surface area contributed by atoms with Gasteiger partial charge in [-0.2, -0.15) is 0 Å². The van der Waals surface area contributed by atoms with Crippen LogP contribution in [0.2, 0.25) is 0 Å². The van der Waals surface area contributed by atoms with Crippen LogP contribution in [0.15, 0.2) is 169 Å². The van der Waals surface area contributed by atoms with Gasteiger partial charge in [-0.1, -0.05) is 145 Å². The monoisotopic (exact) mass is 973 g/mol. The Morgan fingerprint density at radius 1 is 0.833 bits per heavy atom. The number of cyclic esters (lactones) is 1. The number of rotatable bonds is 10. The van der Waals surface area contributed by atoms with Crippen molar-refractivity contribution in [1.29, 1.82) is 0 Å². The van der Waals surface area contributed by atoms with Crippen molar-refractivity contribution in [2.24, 2.45) is 5.92 Å². The number of carbonyl (C=O) groups excluding carboxylic acids is 4. The maximum Gasteiger partial charge on any atom is 0.329 e. The van der Waals surface area contributed by atoms with Crippen LogP contribution in [-0.2, 0) is 24.5 Å². The number of allylic oxidation sites excluding steroid dienone is 2. The van der Waals surface area contributed by atoms with E-state index < -0.39 is 65.4 Å². The molecule has 0 unspecified atom stereocenters. The number of aliphatic hydroxyl groups is 1. The number of aliphatic hydroxyl groups excluding tert-OH is 1. The number of nitrogens with zero attached hydrogens (tertiary/aromatic N) is 3. The molecular formula is C59H51N5O7S. The van der Waals surface area contributed by atoms with Gasteiger partial charge in [-0.25, -0.2) is 14.7 Å². The molecule has 3 aliphatic heterocycles. The number of aromatic nitrogens is 1. The number of thiazole rings is 1. The molecule has 1 aromatic heterocycles. The third-order valence-electron chi connectivity index (χ3n) is 14.3. The smallest absolute Gasteiger partial charge is 0.329 e. The molecule has 12 nitrogen and oxygen atoms in total. The molecule has 4 heterocycles. The summed E-state index contributed by atoms with van der Waals surface area (Å²) >= 11 is 1.28. The van der Waals surface area contributed by atoms with Gasteiger partial charge in [-0.3, -0.25) is 19.3 Å².